The van der Waals surface area contributed by atoms with E-state index in [-0.39, 0.29) is 23.7 Å². The van der Waals surface area contributed by atoms with Crippen LogP contribution in [0, 0.1) is 5.82 Å². The first-order valence-electron chi connectivity index (χ1n) is 10.5. The SMILES string of the molecule is CNC(=O)Oc1cccc(Nc2ncc(F)c(Nc3ccc4c(c3)C(NC(C)=O)CCO4)n2)c1. The number of nitrogens with one attached hydrogen (secondary N) is 4. The highest BCUT2D eigenvalue weighted by atomic mass is 19.1. The third kappa shape index (κ3) is 5.49. The minimum absolute atomic E-state index is 0.0389. The van der Waals surface area contributed by atoms with E-state index in [2.05, 4.69) is 31.2 Å². The summed E-state index contributed by atoms with van der Waals surface area (Å²) in [5, 5.41) is 11.2. The number of fused-ring (bicyclic) bond motifs is 1. The van der Waals surface area contributed by atoms with Crippen molar-refractivity contribution >= 4 is 35.1 Å². The molecule has 4 N–H and O–H groups in total. The quantitative estimate of drug-likeness (QED) is 0.432. The van der Waals surface area contributed by atoms with E-state index in [1.54, 1.807) is 42.5 Å². The maximum Gasteiger partial charge on any atom is 0.412 e. The van der Waals surface area contributed by atoms with Crippen LogP contribution in [0.4, 0.5) is 32.3 Å². The lowest BCUT2D eigenvalue weighted by Gasteiger charge is -2.27. The first-order chi connectivity index (χ1) is 16.4. The molecule has 0 bridgehead atoms. The molecule has 10 nitrogen and oxygen atoms in total. The van der Waals surface area contributed by atoms with E-state index < -0.39 is 11.9 Å². The molecule has 2 amide bonds. The molecule has 34 heavy (non-hydrogen) atoms. The third-order valence-corrected chi connectivity index (χ3v) is 4.94. The summed E-state index contributed by atoms with van der Waals surface area (Å²) in [7, 11) is 1.46. The van der Waals surface area contributed by atoms with Crippen LogP contribution in [0.15, 0.2) is 48.7 Å². The molecule has 1 aliphatic rings. The van der Waals surface area contributed by atoms with Gasteiger partial charge in [-0.1, -0.05) is 6.07 Å². The Morgan fingerprint density at radius 3 is 2.76 bits per heavy atom. The topological polar surface area (TPSA) is 126 Å². The molecule has 0 saturated heterocycles. The number of halogens is 1. The highest BCUT2D eigenvalue weighted by molar-refractivity contribution is 5.74. The minimum Gasteiger partial charge on any atom is -0.493 e. The van der Waals surface area contributed by atoms with Crippen LogP contribution in [0.1, 0.15) is 24.9 Å². The molecular formula is C23H23FN6O4. The number of benzene rings is 2. The predicted molar refractivity (Wildman–Crippen MR) is 123 cm³/mol. The molecule has 11 heteroatoms. The van der Waals surface area contributed by atoms with Crippen molar-refractivity contribution in [3.8, 4) is 11.5 Å². The van der Waals surface area contributed by atoms with E-state index >= 15 is 0 Å². The van der Waals surface area contributed by atoms with Gasteiger partial charge in [0, 0.05) is 43.4 Å². The van der Waals surface area contributed by atoms with E-state index in [0.29, 0.717) is 35.9 Å². The molecule has 4 rings (SSSR count). The van der Waals surface area contributed by atoms with Gasteiger partial charge in [0.2, 0.25) is 11.9 Å². The lowest BCUT2D eigenvalue weighted by atomic mass is 10.00. The predicted octanol–water partition coefficient (Wildman–Crippen LogP) is 3.78. The first-order valence-corrected chi connectivity index (χ1v) is 10.5. The number of amides is 2. The van der Waals surface area contributed by atoms with Crippen LogP contribution in [0.25, 0.3) is 0 Å². The van der Waals surface area contributed by atoms with Crippen LogP contribution >= 0.6 is 0 Å². The van der Waals surface area contributed by atoms with Gasteiger partial charge >= 0.3 is 6.09 Å². The van der Waals surface area contributed by atoms with Crippen LogP contribution in [-0.2, 0) is 4.79 Å². The van der Waals surface area contributed by atoms with Crippen molar-refractivity contribution in [1.82, 2.24) is 20.6 Å². The number of aromatic nitrogens is 2. The largest absolute Gasteiger partial charge is 0.493 e. The summed E-state index contributed by atoms with van der Waals surface area (Å²) in [6.45, 7) is 1.96. The second-order valence-corrected chi connectivity index (χ2v) is 7.45. The van der Waals surface area contributed by atoms with Crippen molar-refractivity contribution < 1.29 is 23.5 Å². The molecule has 1 aromatic heterocycles. The van der Waals surface area contributed by atoms with E-state index in [9.17, 15) is 14.0 Å². The zero-order valence-electron chi connectivity index (χ0n) is 18.5. The molecule has 0 saturated carbocycles. The number of carbonyl (C=O) groups is 2. The molecule has 0 radical (unpaired) electrons. The van der Waals surface area contributed by atoms with Crippen molar-refractivity contribution in [2.75, 3.05) is 24.3 Å². The zero-order chi connectivity index (χ0) is 24.1. The van der Waals surface area contributed by atoms with Gasteiger partial charge in [-0.3, -0.25) is 4.79 Å². The van der Waals surface area contributed by atoms with E-state index in [1.165, 1.54) is 14.0 Å². The van der Waals surface area contributed by atoms with Gasteiger partial charge in [-0.2, -0.15) is 4.98 Å². The van der Waals surface area contributed by atoms with Crippen LogP contribution in [0.3, 0.4) is 0 Å². The molecule has 176 valence electrons. The number of anilines is 4. The molecular weight excluding hydrogens is 443 g/mol. The highest BCUT2D eigenvalue weighted by Crippen LogP contribution is 2.35. The van der Waals surface area contributed by atoms with Crippen molar-refractivity contribution in [1.29, 1.82) is 0 Å². The second-order valence-electron chi connectivity index (χ2n) is 7.45. The number of rotatable bonds is 6. The van der Waals surface area contributed by atoms with Crippen molar-refractivity contribution in [3.63, 3.8) is 0 Å². The molecule has 0 aliphatic carbocycles. The van der Waals surface area contributed by atoms with E-state index in [4.69, 9.17) is 9.47 Å². The Bertz CT molecular complexity index is 1220. The molecule has 2 aromatic carbocycles. The summed E-state index contributed by atoms with van der Waals surface area (Å²) in [5.74, 6) is 0.296. The maximum absolute atomic E-state index is 14.5. The summed E-state index contributed by atoms with van der Waals surface area (Å²) in [5.41, 5.74) is 1.92. The Kier molecular flexibility index (Phi) is 6.72. The van der Waals surface area contributed by atoms with Crippen LogP contribution in [0.2, 0.25) is 0 Å². The van der Waals surface area contributed by atoms with Gasteiger partial charge in [-0.05, 0) is 30.3 Å². The Balaban J connectivity index is 1.53. The number of hydrogen-bond donors (Lipinski definition) is 4. The van der Waals surface area contributed by atoms with Gasteiger partial charge in [0.1, 0.15) is 11.5 Å². The molecule has 1 aliphatic heterocycles. The first kappa shape index (κ1) is 22.8. The third-order valence-electron chi connectivity index (χ3n) is 4.94. The second kappa shape index (κ2) is 10.0. The Hall–Kier alpha value is -4.41. The van der Waals surface area contributed by atoms with Gasteiger partial charge in [0.15, 0.2) is 11.6 Å². The number of hydrogen-bond acceptors (Lipinski definition) is 8. The molecule has 2 heterocycles. The van der Waals surface area contributed by atoms with E-state index in [0.717, 1.165) is 11.8 Å². The fraction of sp³-hybridized carbons (Fsp3) is 0.217. The van der Waals surface area contributed by atoms with E-state index in [1.807, 2.05) is 0 Å². The van der Waals surface area contributed by atoms with Crippen molar-refractivity contribution in [3.05, 3.63) is 60.0 Å². The van der Waals surface area contributed by atoms with Crippen LogP contribution in [0.5, 0.6) is 11.5 Å². The Morgan fingerprint density at radius 2 is 1.97 bits per heavy atom. The lowest BCUT2D eigenvalue weighted by Crippen LogP contribution is -2.30. The smallest absolute Gasteiger partial charge is 0.412 e. The standard InChI is InChI=1S/C23H23FN6O4/c1-13(31)27-19-8-9-33-20-7-6-15(11-17(19)20)28-21-18(24)12-26-22(30-21)29-14-4-3-5-16(10-14)34-23(32)25-2/h3-7,10-12,19H,8-9H2,1-2H3,(H,25,32)(H,27,31)(H2,26,28,29,30). The summed E-state index contributed by atoms with van der Waals surface area (Å²) in [4.78, 5) is 31.2. The fourth-order valence-electron chi connectivity index (χ4n) is 3.44. The monoisotopic (exact) mass is 466 g/mol. The van der Waals surface area contributed by atoms with Crippen molar-refractivity contribution in [2.45, 2.75) is 19.4 Å². The minimum atomic E-state index is -0.644. The Labute approximate surface area is 194 Å². The summed E-state index contributed by atoms with van der Waals surface area (Å²) in [6, 6.07) is 11.7. The molecule has 1 atom stereocenters. The van der Waals surface area contributed by atoms with Gasteiger partial charge in [-0.25, -0.2) is 14.2 Å². The van der Waals surface area contributed by atoms with Gasteiger partial charge in [0.05, 0.1) is 18.8 Å². The fourth-order valence-corrected chi connectivity index (χ4v) is 3.44. The summed E-state index contributed by atoms with van der Waals surface area (Å²) >= 11 is 0. The molecule has 3 aromatic rings. The van der Waals surface area contributed by atoms with Crippen molar-refractivity contribution in [2.24, 2.45) is 0 Å². The average Bonchev–Trinajstić information content (AvgIpc) is 2.81. The number of ether oxygens (including phenoxy) is 2. The lowest BCUT2D eigenvalue weighted by molar-refractivity contribution is -0.119. The highest BCUT2D eigenvalue weighted by Gasteiger charge is 2.23. The summed E-state index contributed by atoms with van der Waals surface area (Å²) < 4.78 is 25.2. The average molecular weight is 466 g/mol. The molecule has 1 unspecified atom stereocenters. The molecule has 0 spiro atoms. The number of nitrogens with zero attached hydrogens (tertiary/aromatic N) is 2. The zero-order valence-corrected chi connectivity index (χ0v) is 18.5. The number of carbonyl (C=O) groups excluding carboxylic acids is 2. The van der Waals surface area contributed by atoms with Gasteiger partial charge in [0.25, 0.3) is 0 Å². The maximum atomic E-state index is 14.5. The van der Waals surface area contributed by atoms with Gasteiger partial charge < -0.3 is 30.7 Å². The summed E-state index contributed by atoms with van der Waals surface area (Å²) in [6.07, 6.45) is 1.08. The molecule has 0 fully saturated rings. The van der Waals surface area contributed by atoms with Gasteiger partial charge in [-0.15, -0.1) is 0 Å². The Morgan fingerprint density at radius 1 is 1.15 bits per heavy atom. The normalized spacial score (nSPS) is 14.3. The van der Waals surface area contributed by atoms with Crippen LogP contribution in [-0.4, -0.2) is 35.6 Å². The van der Waals surface area contributed by atoms with Crippen LogP contribution < -0.4 is 30.7 Å².